The van der Waals surface area contributed by atoms with Gasteiger partial charge in [-0.05, 0) is 69.3 Å². The number of para-hydroxylation sites is 1. The van der Waals surface area contributed by atoms with E-state index in [0.717, 1.165) is 28.9 Å². The molecule has 2 atom stereocenters. The Morgan fingerprint density at radius 1 is 1.05 bits per heavy atom. The van der Waals surface area contributed by atoms with Crippen molar-refractivity contribution in [2.45, 2.75) is 69.6 Å². The monoisotopic (exact) mass is 315 g/mol. The third-order valence-electron chi connectivity index (χ3n) is 5.49. The molecular formula is C18H25N3S. The van der Waals surface area contributed by atoms with Gasteiger partial charge in [0.15, 0.2) is 5.11 Å². The van der Waals surface area contributed by atoms with Crippen molar-refractivity contribution < 1.29 is 0 Å². The number of anilines is 1. The molecule has 3 nitrogen and oxygen atoms in total. The summed E-state index contributed by atoms with van der Waals surface area (Å²) in [6.45, 7) is 2.11. The van der Waals surface area contributed by atoms with Crippen LogP contribution in [0.1, 0.15) is 44.1 Å². The van der Waals surface area contributed by atoms with E-state index in [2.05, 4.69) is 40.7 Å². The summed E-state index contributed by atoms with van der Waals surface area (Å²) in [5.74, 6) is 0. The zero-order chi connectivity index (χ0) is 15.1. The second-order valence-corrected chi connectivity index (χ2v) is 7.55. The van der Waals surface area contributed by atoms with Crippen LogP contribution in [0.4, 0.5) is 5.69 Å². The quantitative estimate of drug-likeness (QED) is 0.836. The van der Waals surface area contributed by atoms with Crippen molar-refractivity contribution in [3.8, 4) is 0 Å². The maximum atomic E-state index is 5.53. The maximum absolute atomic E-state index is 5.53. The molecule has 0 spiro atoms. The molecule has 118 valence electrons. The normalized spacial score (nSPS) is 31.0. The molecular weight excluding hydrogens is 290 g/mol. The molecule has 0 aromatic heterocycles. The number of rotatable bonds is 3. The van der Waals surface area contributed by atoms with Crippen molar-refractivity contribution in [3.63, 3.8) is 0 Å². The van der Waals surface area contributed by atoms with E-state index >= 15 is 0 Å². The van der Waals surface area contributed by atoms with Crippen LogP contribution in [0.15, 0.2) is 24.3 Å². The lowest BCUT2D eigenvalue weighted by atomic mass is 9.97. The summed E-state index contributed by atoms with van der Waals surface area (Å²) in [5.41, 5.74) is 2.34. The van der Waals surface area contributed by atoms with Crippen molar-refractivity contribution in [1.82, 2.24) is 10.2 Å². The molecule has 22 heavy (non-hydrogen) atoms. The van der Waals surface area contributed by atoms with E-state index in [1.807, 2.05) is 6.07 Å². The molecule has 0 unspecified atom stereocenters. The smallest absolute Gasteiger partial charge is 0.171 e. The summed E-state index contributed by atoms with van der Waals surface area (Å²) in [7, 11) is 0. The zero-order valence-corrected chi connectivity index (χ0v) is 14.0. The van der Waals surface area contributed by atoms with Crippen LogP contribution in [0.3, 0.4) is 0 Å². The van der Waals surface area contributed by atoms with Gasteiger partial charge in [0.25, 0.3) is 0 Å². The number of benzene rings is 1. The fourth-order valence-electron chi connectivity index (χ4n) is 4.36. The number of nitrogens with zero attached hydrogens (tertiary/aromatic N) is 1. The van der Waals surface area contributed by atoms with Crippen LogP contribution in [0.5, 0.6) is 0 Å². The lowest BCUT2D eigenvalue weighted by Crippen LogP contribution is -2.51. The molecule has 2 bridgehead atoms. The number of fused-ring (bicyclic) bond motifs is 2. The first-order valence-corrected chi connectivity index (χ1v) is 9.02. The molecule has 3 fully saturated rings. The minimum absolute atomic E-state index is 0.538. The molecule has 0 amide bonds. The van der Waals surface area contributed by atoms with Crippen LogP contribution in [0.2, 0.25) is 0 Å². The van der Waals surface area contributed by atoms with Gasteiger partial charge in [-0.2, -0.15) is 0 Å². The molecule has 2 N–H and O–H groups in total. The molecule has 4 heteroatoms. The number of aryl methyl sites for hydroxylation is 1. The number of hydrogen-bond acceptors (Lipinski definition) is 2. The number of piperidine rings is 1. The first kappa shape index (κ1) is 14.5. The van der Waals surface area contributed by atoms with Crippen LogP contribution in [-0.4, -0.2) is 34.2 Å². The Balaban J connectivity index is 1.34. The van der Waals surface area contributed by atoms with E-state index < -0.39 is 0 Å². The lowest BCUT2D eigenvalue weighted by Gasteiger charge is -2.39. The summed E-state index contributed by atoms with van der Waals surface area (Å²) in [4.78, 5) is 2.83. The fraction of sp³-hybridized carbons (Fsp3) is 0.611. The Hall–Kier alpha value is -1.13. The van der Waals surface area contributed by atoms with Gasteiger partial charge in [-0.3, -0.25) is 4.90 Å². The van der Waals surface area contributed by atoms with Crippen LogP contribution < -0.4 is 10.6 Å². The minimum atomic E-state index is 0.538. The van der Waals surface area contributed by atoms with Gasteiger partial charge in [-0.1, -0.05) is 18.2 Å². The first-order chi connectivity index (χ1) is 10.7. The minimum Gasteiger partial charge on any atom is -0.360 e. The van der Waals surface area contributed by atoms with E-state index in [-0.39, 0.29) is 0 Å². The van der Waals surface area contributed by atoms with E-state index in [1.165, 1.54) is 44.1 Å². The highest BCUT2D eigenvalue weighted by Gasteiger charge is 2.46. The van der Waals surface area contributed by atoms with Crippen LogP contribution in [0, 0.1) is 6.92 Å². The Kier molecular flexibility index (Phi) is 3.82. The first-order valence-electron chi connectivity index (χ1n) is 8.61. The molecule has 2 aliphatic heterocycles. The Labute approximate surface area is 138 Å². The molecule has 4 rings (SSSR count). The lowest BCUT2D eigenvalue weighted by molar-refractivity contribution is 0.114. The Bertz CT molecular complexity index is 555. The Morgan fingerprint density at radius 3 is 2.32 bits per heavy atom. The number of hydrogen-bond donors (Lipinski definition) is 2. The van der Waals surface area contributed by atoms with Crippen LogP contribution in [-0.2, 0) is 0 Å². The van der Waals surface area contributed by atoms with E-state index in [1.54, 1.807) is 0 Å². The second kappa shape index (κ2) is 5.82. The summed E-state index contributed by atoms with van der Waals surface area (Å²) < 4.78 is 0. The highest BCUT2D eigenvalue weighted by Crippen LogP contribution is 2.43. The van der Waals surface area contributed by atoms with Gasteiger partial charge >= 0.3 is 0 Å². The molecule has 2 heterocycles. The van der Waals surface area contributed by atoms with Gasteiger partial charge in [0.05, 0.1) is 0 Å². The second-order valence-electron chi connectivity index (χ2n) is 7.15. The highest BCUT2D eigenvalue weighted by molar-refractivity contribution is 7.80. The molecule has 1 saturated carbocycles. The van der Waals surface area contributed by atoms with E-state index in [9.17, 15) is 0 Å². The van der Waals surface area contributed by atoms with Crippen molar-refractivity contribution in [1.29, 1.82) is 0 Å². The molecule has 1 aliphatic carbocycles. The molecule has 2 saturated heterocycles. The predicted octanol–water partition coefficient (Wildman–Crippen LogP) is 3.44. The van der Waals surface area contributed by atoms with Crippen LogP contribution in [0.25, 0.3) is 0 Å². The topological polar surface area (TPSA) is 27.3 Å². The van der Waals surface area contributed by atoms with Gasteiger partial charge in [0.2, 0.25) is 0 Å². The summed E-state index contributed by atoms with van der Waals surface area (Å²) in [6, 6.07) is 11.3. The fourth-order valence-corrected chi connectivity index (χ4v) is 4.63. The van der Waals surface area contributed by atoms with E-state index in [4.69, 9.17) is 12.2 Å². The SMILES string of the molecule is Cc1ccccc1NC(=S)NC1C[C@@H]2CC[C@@H](C1)N2C1CC1. The third-order valence-corrected chi connectivity index (χ3v) is 5.71. The molecule has 1 aromatic carbocycles. The number of nitrogens with one attached hydrogen (secondary N) is 2. The van der Waals surface area contributed by atoms with Crippen molar-refractivity contribution >= 4 is 23.0 Å². The van der Waals surface area contributed by atoms with Gasteiger partial charge in [-0.25, -0.2) is 0 Å². The van der Waals surface area contributed by atoms with Crippen molar-refractivity contribution in [2.75, 3.05) is 5.32 Å². The van der Waals surface area contributed by atoms with Crippen molar-refractivity contribution in [2.24, 2.45) is 0 Å². The van der Waals surface area contributed by atoms with Gasteiger partial charge in [0.1, 0.15) is 0 Å². The van der Waals surface area contributed by atoms with Gasteiger partial charge < -0.3 is 10.6 Å². The van der Waals surface area contributed by atoms with Crippen LogP contribution >= 0.6 is 12.2 Å². The average molecular weight is 315 g/mol. The summed E-state index contributed by atoms with van der Waals surface area (Å²) in [6.07, 6.45) is 8.14. The Morgan fingerprint density at radius 2 is 1.68 bits per heavy atom. The largest absolute Gasteiger partial charge is 0.360 e. The highest BCUT2D eigenvalue weighted by atomic mass is 32.1. The molecule has 1 aromatic rings. The average Bonchev–Trinajstić information content (AvgIpc) is 3.28. The third kappa shape index (κ3) is 2.86. The summed E-state index contributed by atoms with van der Waals surface area (Å²) >= 11 is 5.53. The summed E-state index contributed by atoms with van der Waals surface area (Å²) in [5, 5.41) is 7.71. The van der Waals surface area contributed by atoms with E-state index in [0.29, 0.717) is 6.04 Å². The molecule has 0 radical (unpaired) electrons. The van der Waals surface area contributed by atoms with Gasteiger partial charge in [-0.15, -0.1) is 0 Å². The maximum Gasteiger partial charge on any atom is 0.171 e. The molecule has 3 aliphatic rings. The number of thiocarbonyl (C=S) groups is 1. The zero-order valence-electron chi connectivity index (χ0n) is 13.2. The standard InChI is InChI=1S/C18H25N3S/c1-12-4-2-3-5-17(12)20-18(22)19-13-10-15-8-9-16(11-13)21(15)14-6-7-14/h2-5,13-16H,6-11H2,1H3,(H2,19,20,22)/t15-,16-/m0/s1. The predicted molar refractivity (Wildman–Crippen MR) is 95.2 cm³/mol. The van der Waals surface area contributed by atoms with Crippen molar-refractivity contribution in [3.05, 3.63) is 29.8 Å². The van der Waals surface area contributed by atoms with Gasteiger partial charge in [0, 0.05) is 29.9 Å².